The van der Waals surface area contributed by atoms with Crippen LogP contribution in [0, 0.1) is 0 Å². The molecule has 2 fully saturated rings. The quantitative estimate of drug-likeness (QED) is 0.0693. The van der Waals surface area contributed by atoms with Crippen molar-refractivity contribution in [1.82, 2.24) is 19.6 Å². The second-order valence-corrected chi connectivity index (χ2v) is 15.5. The van der Waals surface area contributed by atoms with Gasteiger partial charge in [-0.05, 0) is 97.8 Å². The highest BCUT2D eigenvalue weighted by Gasteiger charge is 2.45. The highest BCUT2D eigenvalue weighted by Crippen LogP contribution is 2.30. The second-order valence-electron chi connectivity index (χ2n) is 15.5. The number of hydrogen-bond acceptors (Lipinski definition) is 6. The predicted molar refractivity (Wildman–Crippen MR) is 224 cm³/mol. The molecule has 56 heavy (non-hydrogen) atoms. The van der Waals surface area contributed by atoms with Gasteiger partial charge in [0.05, 0.1) is 0 Å². The minimum Gasteiger partial charge on any atom is -0.330 e. The first-order chi connectivity index (χ1) is 27.3. The van der Waals surface area contributed by atoms with Crippen molar-refractivity contribution in [1.29, 1.82) is 0 Å². The number of amides is 6. The third-order valence-corrected chi connectivity index (χ3v) is 11.3. The molecule has 10 nitrogen and oxygen atoms in total. The van der Waals surface area contributed by atoms with Crippen LogP contribution >= 0.6 is 0 Å². The molecule has 2 aliphatic rings. The molecule has 0 bridgehead atoms. The van der Waals surface area contributed by atoms with Gasteiger partial charge < -0.3 is 21.3 Å². The maximum atomic E-state index is 13.5. The van der Waals surface area contributed by atoms with Crippen LogP contribution in [0.4, 0.5) is 9.59 Å². The van der Waals surface area contributed by atoms with E-state index in [0.717, 1.165) is 110 Å². The van der Waals surface area contributed by atoms with Crippen LogP contribution in [0.1, 0.15) is 115 Å². The SMILES string of the molecule is CCCCCCN1C(=O)[C@H](CCCCN)N(Cc2ccc(-c3ccc(-c4ccc(CN5C(=O)N(CCCCCC)C(=O)[C@@H]5CCCCN)cc4)cc3)cc2)C1=O. The summed E-state index contributed by atoms with van der Waals surface area (Å²) in [6, 6.07) is 23.7. The number of carbonyl (C=O) groups is 4. The maximum absolute atomic E-state index is 13.5. The number of nitrogens with two attached hydrogens (primary N) is 2. The Kier molecular flexibility index (Phi) is 16.5. The van der Waals surface area contributed by atoms with E-state index in [1.165, 1.54) is 9.80 Å². The van der Waals surface area contributed by atoms with Crippen molar-refractivity contribution in [2.24, 2.45) is 11.5 Å². The molecule has 4 N–H and O–H groups in total. The van der Waals surface area contributed by atoms with Crippen LogP contribution in [-0.2, 0) is 22.7 Å². The first-order valence-corrected chi connectivity index (χ1v) is 21.2. The van der Waals surface area contributed by atoms with Gasteiger partial charge in [-0.2, -0.15) is 0 Å². The van der Waals surface area contributed by atoms with Crippen molar-refractivity contribution in [3.63, 3.8) is 0 Å². The molecular weight excluding hydrogens is 701 g/mol. The summed E-state index contributed by atoms with van der Waals surface area (Å²) in [4.78, 5) is 60.1. The summed E-state index contributed by atoms with van der Waals surface area (Å²) in [5, 5.41) is 0. The van der Waals surface area contributed by atoms with Gasteiger partial charge in [0.15, 0.2) is 0 Å². The fraction of sp³-hybridized carbons (Fsp3) is 0.522. The van der Waals surface area contributed by atoms with E-state index >= 15 is 0 Å². The Labute approximate surface area is 334 Å². The Hall–Kier alpha value is -4.54. The van der Waals surface area contributed by atoms with Crippen molar-refractivity contribution in [3.05, 3.63) is 83.9 Å². The van der Waals surface area contributed by atoms with Gasteiger partial charge in [0.1, 0.15) is 12.1 Å². The number of rotatable bonds is 24. The van der Waals surface area contributed by atoms with E-state index in [-0.39, 0.29) is 23.9 Å². The summed E-state index contributed by atoms with van der Waals surface area (Å²) in [7, 11) is 0. The van der Waals surface area contributed by atoms with Gasteiger partial charge in [0.2, 0.25) is 0 Å². The third-order valence-electron chi connectivity index (χ3n) is 11.3. The molecule has 0 spiro atoms. The Balaban J connectivity index is 1.21. The number of unbranched alkanes of at least 4 members (excludes halogenated alkanes) is 8. The highest BCUT2D eigenvalue weighted by molar-refractivity contribution is 6.04. The summed E-state index contributed by atoms with van der Waals surface area (Å²) in [5.41, 5.74) is 17.8. The van der Waals surface area contributed by atoms with Crippen molar-refractivity contribution >= 4 is 23.9 Å². The molecule has 2 heterocycles. The molecular formula is C46H64N6O4. The molecule has 10 heteroatoms. The lowest BCUT2D eigenvalue weighted by Crippen LogP contribution is -2.34. The molecule has 6 amide bonds. The summed E-state index contributed by atoms with van der Waals surface area (Å²) in [6.45, 7) is 7.21. The first-order valence-electron chi connectivity index (χ1n) is 21.2. The van der Waals surface area contributed by atoms with Crippen LogP contribution in [0.3, 0.4) is 0 Å². The van der Waals surface area contributed by atoms with Crippen molar-refractivity contribution in [2.45, 2.75) is 129 Å². The fourth-order valence-corrected chi connectivity index (χ4v) is 7.93. The minimum atomic E-state index is -0.438. The topological polar surface area (TPSA) is 133 Å². The number of benzene rings is 3. The van der Waals surface area contributed by atoms with E-state index in [1.54, 1.807) is 9.80 Å². The van der Waals surface area contributed by atoms with Crippen LogP contribution in [0.2, 0.25) is 0 Å². The summed E-state index contributed by atoms with van der Waals surface area (Å²) in [5.74, 6) is -0.147. The predicted octanol–water partition coefficient (Wildman–Crippen LogP) is 8.70. The van der Waals surface area contributed by atoms with Crippen molar-refractivity contribution in [3.8, 4) is 22.3 Å². The summed E-state index contributed by atoms with van der Waals surface area (Å²) < 4.78 is 0. The lowest BCUT2D eigenvalue weighted by Gasteiger charge is -2.22. The Bertz CT molecular complexity index is 1580. The molecule has 0 radical (unpaired) electrons. The monoisotopic (exact) mass is 764 g/mol. The van der Waals surface area contributed by atoms with Gasteiger partial charge >= 0.3 is 12.1 Å². The van der Waals surface area contributed by atoms with Crippen LogP contribution in [0.5, 0.6) is 0 Å². The van der Waals surface area contributed by atoms with Gasteiger partial charge in [-0.25, -0.2) is 9.59 Å². The summed E-state index contributed by atoms with van der Waals surface area (Å²) in [6.07, 6.45) is 12.7. The van der Waals surface area contributed by atoms with Gasteiger partial charge in [0.25, 0.3) is 11.8 Å². The van der Waals surface area contributed by atoms with E-state index in [9.17, 15) is 19.2 Å². The standard InChI is InChI=1S/C46H64N6O4/c1-3-5-7-13-31-49-43(53)41(15-9-11-29-47)51(45(49)55)33-35-17-21-37(22-18-35)39-25-27-40(28-26-39)38-23-19-36(20-24-38)34-52-42(16-10-12-30-48)44(54)50(46(52)56)32-14-8-6-4-2/h17-28,41-42H,3-16,29-34,47-48H2,1-2H3/t41-,42-/m0/s1. The molecule has 0 saturated carbocycles. The van der Waals surface area contributed by atoms with E-state index < -0.39 is 12.1 Å². The summed E-state index contributed by atoms with van der Waals surface area (Å²) >= 11 is 0. The Morgan fingerprint density at radius 3 is 1.11 bits per heavy atom. The van der Waals surface area contributed by atoms with Crippen molar-refractivity contribution in [2.75, 3.05) is 26.2 Å². The zero-order valence-electron chi connectivity index (χ0n) is 33.8. The van der Waals surface area contributed by atoms with E-state index in [4.69, 9.17) is 11.5 Å². The van der Waals surface area contributed by atoms with Crippen LogP contribution in [0.15, 0.2) is 72.8 Å². The smallest absolute Gasteiger partial charge is 0.327 e. The number of urea groups is 2. The molecule has 0 aliphatic carbocycles. The van der Waals surface area contributed by atoms with Gasteiger partial charge in [-0.15, -0.1) is 0 Å². The van der Waals surface area contributed by atoms with Gasteiger partial charge in [0, 0.05) is 26.2 Å². The number of nitrogens with zero attached hydrogens (tertiary/aromatic N) is 4. The Morgan fingerprint density at radius 2 is 0.786 bits per heavy atom. The largest absolute Gasteiger partial charge is 0.330 e. The second kappa shape index (κ2) is 21.7. The zero-order chi connectivity index (χ0) is 39.9. The number of carbonyl (C=O) groups excluding carboxylic acids is 4. The van der Waals surface area contributed by atoms with E-state index in [1.807, 2.05) is 24.3 Å². The molecule has 3 aromatic carbocycles. The normalized spacial score (nSPS) is 17.3. The number of imide groups is 2. The molecule has 302 valence electrons. The first kappa shape index (κ1) is 42.6. The lowest BCUT2D eigenvalue weighted by atomic mass is 9.98. The highest BCUT2D eigenvalue weighted by atomic mass is 16.2. The molecule has 0 aromatic heterocycles. The molecule has 2 atom stereocenters. The minimum absolute atomic E-state index is 0.0735. The molecule has 5 rings (SSSR count). The zero-order valence-corrected chi connectivity index (χ0v) is 33.8. The average molecular weight is 765 g/mol. The van der Waals surface area contributed by atoms with Crippen LogP contribution < -0.4 is 11.5 Å². The average Bonchev–Trinajstić information content (AvgIpc) is 3.57. The maximum Gasteiger partial charge on any atom is 0.327 e. The van der Waals surface area contributed by atoms with E-state index in [2.05, 4.69) is 62.4 Å². The van der Waals surface area contributed by atoms with Crippen molar-refractivity contribution < 1.29 is 19.2 Å². The van der Waals surface area contributed by atoms with Crippen LogP contribution in [0.25, 0.3) is 22.3 Å². The molecule has 0 unspecified atom stereocenters. The molecule has 2 saturated heterocycles. The van der Waals surface area contributed by atoms with Gasteiger partial charge in [-0.1, -0.05) is 125 Å². The van der Waals surface area contributed by atoms with Crippen LogP contribution in [-0.4, -0.2) is 81.7 Å². The Morgan fingerprint density at radius 1 is 0.446 bits per heavy atom. The van der Waals surface area contributed by atoms with Gasteiger partial charge in [-0.3, -0.25) is 19.4 Å². The lowest BCUT2D eigenvalue weighted by molar-refractivity contribution is -0.129. The number of hydrogen-bond donors (Lipinski definition) is 2. The fourth-order valence-electron chi connectivity index (χ4n) is 7.93. The molecule has 3 aromatic rings. The third kappa shape index (κ3) is 10.9. The molecule has 2 aliphatic heterocycles. The van der Waals surface area contributed by atoms with E-state index in [0.29, 0.717) is 52.1 Å².